The fraction of sp³-hybridized carbons (Fsp3) is 0.391. The number of carbonyl (C=O) groups is 2. The highest BCUT2D eigenvalue weighted by molar-refractivity contribution is 6.00. The summed E-state index contributed by atoms with van der Waals surface area (Å²) in [6, 6.07) is 17.8. The van der Waals surface area contributed by atoms with Crippen LogP contribution in [0.1, 0.15) is 31.7 Å². The number of ether oxygens (including phenoxy) is 1. The molecule has 2 aromatic carbocycles. The minimum absolute atomic E-state index is 0.00601. The minimum atomic E-state index is -0.300. The number of amides is 2. The molecule has 1 aliphatic heterocycles. The summed E-state index contributed by atoms with van der Waals surface area (Å²) in [6.45, 7) is 3.61. The molecule has 1 saturated carbocycles. The molecule has 0 spiro atoms. The summed E-state index contributed by atoms with van der Waals surface area (Å²) >= 11 is 0. The first-order valence-corrected chi connectivity index (χ1v) is 9.98. The number of nitrogens with zero attached hydrogens (tertiary/aromatic N) is 1. The SMILES string of the molecule is CCOc1ccc(N2CC(C(=O)NCC3(c4ccccc4)CC3)CC2=O)cc1. The van der Waals surface area contributed by atoms with Gasteiger partial charge in [-0.15, -0.1) is 0 Å². The average molecular weight is 378 g/mol. The van der Waals surface area contributed by atoms with Gasteiger partial charge in [-0.05, 0) is 49.6 Å². The second-order valence-electron chi connectivity index (χ2n) is 7.70. The van der Waals surface area contributed by atoms with Crippen LogP contribution >= 0.6 is 0 Å². The fourth-order valence-electron chi connectivity index (χ4n) is 3.93. The quantitative estimate of drug-likeness (QED) is 0.804. The van der Waals surface area contributed by atoms with E-state index in [1.807, 2.05) is 49.4 Å². The van der Waals surface area contributed by atoms with E-state index in [1.54, 1.807) is 4.90 Å². The molecule has 1 atom stereocenters. The molecule has 1 saturated heterocycles. The Balaban J connectivity index is 1.35. The van der Waals surface area contributed by atoms with E-state index in [2.05, 4.69) is 17.4 Å². The smallest absolute Gasteiger partial charge is 0.227 e. The van der Waals surface area contributed by atoms with E-state index in [9.17, 15) is 9.59 Å². The molecule has 146 valence electrons. The lowest BCUT2D eigenvalue weighted by Crippen LogP contribution is -2.37. The molecular formula is C23H26N2O3. The van der Waals surface area contributed by atoms with Crippen molar-refractivity contribution in [3.8, 4) is 5.75 Å². The second-order valence-corrected chi connectivity index (χ2v) is 7.70. The normalized spacial score (nSPS) is 20.1. The molecule has 2 aliphatic rings. The van der Waals surface area contributed by atoms with E-state index >= 15 is 0 Å². The predicted molar refractivity (Wildman–Crippen MR) is 108 cm³/mol. The van der Waals surface area contributed by atoms with Crippen molar-refractivity contribution in [2.45, 2.75) is 31.6 Å². The molecular weight excluding hydrogens is 352 g/mol. The molecule has 5 heteroatoms. The Morgan fingerprint density at radius 1 is 1.14 bits per heavy atom. The number of nitrogens with one attached hydrogen (secondary N) is 1. The number of anilines is 1. The van der Waals surface area contributed by atoms with Gasteiger partial charge in [-0.25, -0.2) is 0 Å². The van der Waals surface area contributed by atoms with Gasteiger partial charge >= 0.3 is 0 Å². The Labute approximate surface area is 165 Å². The van der Waals surface area contributed by atoms with Crippen molar-refractivity contribution in [2.75, 3.05) is 24.6 Å². The van der Waals surface area contributed by atoms with Crippen molar-refractivity contribution in [3.63, 3.8) is 0 Å². The third-order valence-corrected chi connectivity index (χ3v) is 5.80. The van der Waals surface area contributed by atoms with E-state index in [-0.39, 0.29) is 29.6 Å². The van der Waals surface area contributed by atoms with Crippen molar-refractivity contribution in [1.29, 1.82) is 0 Å². The molecule has 0 bridgehead atoms. The summed E-state index contributed by atoms with van der Waals surface area (Å²) < 4.78 is 5.45. The fourth-order valence-corrected chi connectivity index (χ4v) is 3.93. The molecule has 1 N–H and O–H groups in total. The van der Waals surface area contributed by atoms with Crippen molar-refractivity contribution in [1.82, 2.24) is 5.32 Å². The summed E-state index contributed by atoms with van der Waals surface area (Å²) in [5.74, 6) is 0.450. The van der Waals surface area contributed by atoms with E-state index in [0.717, 1.165) is 24.3 Å². The lowest BCUT2D eigenvalue weighted by molar-refractivity contribution is -0.126. The Hall–Kier alpha value is -2.82. The van der Waals surface area contributed by atoms with Crippen molar-refractivity contribution >= 4 is 17.5 Å². The van der Waals surface area contributed by atoms with Crippen LogP contribution in [-0.2, 0) is 15.0 Å². The number of carbonyl (C=O) groups excluding carboxylic acids is 2. The van der Waals surface area contributed by atoms with Gasteiger partial charge in [0.15, 0.2) is 0 Å². The predicted octanol–water partition coefficient (Wildman–Crippen LogP) is 3.29. The van der Waals surface area contributed by atoms with Crippen LogP contribution in [0.15, 0.2) is 54.6 Å². The summed E-state index contributed by atoms with van der Waals surface area (Å²) in [5.41, 5.74) is 2.18. The van der Waals surface area contributed by atoms with Gasteiger partial charge in [-0.1, -0.05) is 30.3 Å². The zero-order chi connectivity index (χ0) is 19.6. The Bertz CT molecular complexity index is 844. The lowest BCUT2D eigenvalue weighted by atomic mass is 9.95. The molecule has 0 aromatic heterocycles. The molecule has 2 fully saturated rings. The van der Waals surface area contributed by atoms with Crippen LogP contribution in [0.4, 0.5) is 5.69 Å². The zero-order valence-electron chi connectivity index (χ0n) is 16.2. The van der Waals surface area contributed by atoms with Crippen LogP contribution in [-0.4, -0.2) is 31.5 Å². The number of benzene rings is 2. The minimum Gasteiger partial charge on any atom is -0.494 e. The average Bonchev–Trinajstić information content (AvgIpc) is 3.42. The van der Waals surface area contributed by atoms with E-state index in [0.29, 0.717) is 19.7 Å². The van der Waals surface area contributed by atoms with Gasteiger partial charge in [0.2, 0.25) is 11.8 Å². The van der Waals surface area contributed by atoms with Gasteiger partial charge in [0.25, 0.3) is 0 Å². The Morgan fingerprint density at radius 2 is 1.86 bits per heavy atom. The van der Waals surface area contributed by atoms with Gasteiger partial charge in [-0.3, -0.25) is 9.59 Å². The van der Waals surface area contributed by atoms with E-state index in [1.165, 1.54) is 5.56 Å². The molecule has 28 heavy (non-hydrogen) atoms. The van der Waals surface area contributed by atoms with E-state index in [4.69, 9.17) is 4.74 Å². The van der Waals surface area contributed by atoms with E-state index < -0.39 is 0 Å². The highest BCUT2D eigenvalue weighted by Gasteiger charge is 2.45. The molecule has 4 rings (SSSR count). The lowest BCUT2D eigenvalue weighted by Gasteiger charge is -2.19. The summed E-state index contributed by atoms with van der Waals surface area (Å²) in [4.78, 5) is 26.9. The van der Waals surface area contributed by atoms with Crippen molar-refractivity contribution in [2.24, 2.45) is 5.92 Å². The molecule has 1 unspecified atom stereocenters. The summed E-state index contributed by atoms with van der Waals surface area (Å²) in [6.07, 6.45) is 2.45. The molecule has 5 nitrogen and oxygen atoms in total. The first-order chi connectivity index (χ1) is 13.6. The van der Waals surface area contributed by atoms with Crippen LogP contribution in [0.25, 0.3) is 0 Å². The van der Waals surface area contributed by atoms with Crippen molar-refractivity contribution < 1.29 is 14.3 Å². The van der Waals surface area contributed by atoms with Gasteiger partial charge < -0.3 is 15.0 Å². The van der Waals surface area contributed by atoms with Gasteiger partial charge in [0.1, 0.15) is 5.75 Å². The first-order valence-electron chi connectivity index (χ1n) is 9.98. The van der Waals surface area contributed by atoms with Gasteiger partial charge in [0.05, 0.1) is 12.5 Å². The number of hydrogen-bond acceptors (Lipinski definition) is 3. The molecule has 1 aliphatic carbocycles. The summed E-state index contributed by atoms with van der Waals surface area (Å²) in [7, 11) is 0. The third kappa shape index (κ3) is 3.75. The standard InChI is InChI=1S/C23H26N2O3/c1-2-28-20-10-8-19(9-11-20)25-15-17(14-21(25)26)22(27)24-16-23(12-13-23)18-6-4-3-5-7-18/h3-11,17H,2,12-16H2,1H3,(H,24,27). The van der Waals surface area contributed by atoms with Crippen LogP contribution in [0.2, 0.25) is 0 Å². The van der Waals surface area contributed by atoms with Gasteiger partial charge in [0, 0.05) is 30.6 Å². The van der Waals surface area contributed by atoms with Crippen molar-refractivity contribution in [3.05, 3.63) is 60.2 Å². The zero-order valence-corrected chi connectivity index (χ0v) is 16.2. The van der Waals surface area contributed by atoms with Crippen LogP contribution in [0.5, 0.6) is 5.75 Å². The molecule has 2 aromatic rings. The second kappa shape index (κ2) is 7.66. The third-order valence-electron chi connectivity index (χ3n) is 5.80. The highest BCUT2D eigenvalue weighted by atomic mass is 16.5. The maximum absolute atomic E-state index is 12.7. The molecule has 1 heterocycles. The first kappa shape index (κ1) is 18.5. The molecule has 2 amide bonds. The maximum Gasteiger partial charge on any atom is 0.227 e. The number of hydrogen-bond donors (Lipinski definition) is 1. The van der Waals surface area contributed by atoms with Crippen LogP contribution < -0.4 is 15.0 Å². The highest BCUT2D eigenvalue weighted by Crippen LogP contribution is 2.47. The molecule has 0 radical (unpaired) electrons. The largest absolute Gasteiger partial charge is 0.494 e. The van der Waals surface area contributed by atoms with Crippen LogP contribution in [0, 0.1) is 5.92 Å². The Kier molecular flexibility index (Phi) is 5.07. The topological polar surface area (TPSA) is 58.6 Å². The number of rotatable bonds is 7. The van der Waals surface area contributed by atoms with Crippen LogP contribution in [0.3, 0.4) is 0 Å². The monoisotopic (exact) mass is 378 g/mol. The Morgan fingerprint density at radius 3 is 2.50 bits per heavy atom. The summed E-state index contributed by atoms with van der Waals surface area (Å²) in [5, 5.41) is 3.11. The van der Waals surface area contributed by atoms with Gasteiger partial charge in [-0.2, -0.15) is 0 Å². The maximum atomic E-state index is 12.7.